The third kappa shape index (κ3) is 13.8. The van der Waals surface area contributed by atoms with Gasteiger partial charge in [-0.1, -0.05) is 80.2 Å². The van der Waals surface area contributed by atoms with Gasteiger partial charge in [-0.15, -0.1) is 6.58 Å². The van der Waals surface area contributed by atoms with Crippen molar-refractivity contribution in [1.29, 1.82) is 0 Å². The molecule has 0 spiro atoms. The van der Waals surface area contributed by atoms with Crippen molar-refractivity contribution in [3.05, 3.63) is 12.7 Å². The van der Waals surface area contributed by atoms with Crippen LogP contribution in [0.5, 0.6) is 0 Å². The Hall–Kier alpha value is -3.83. The van der Waals surface area contributed by atoms with Gasteiger partial charge in [0.05, 0.1) is 37.1 Å². The molecule has 3 aliphatic heterocycles. The van der Waals surface area contributed by atoms with Crippen LogP contribution in [0.2, 0.25) is 0 Å². The van der Waals surface area contributed by atoms with Crippen molar-refractivity contribution in [2.75, 3.05) is 19.7 Å². The van der Waals surface area contributed by atoms with Gasteiger partial charge in [0.1, 0.15) is 5.60 Å². The fraction of sp³-hybridized carbons (Fsp3) is 0.787. The van der Waals surface area contributed by atoms with Gasteiger partial charge in [0.25, 0.3) is 0 Å². The number of Topliss-reactive ketones (excluding diaryl/α,β-unsaturated/α-hetero) is 3. The summed E-state index contributed by atoms with van der Waals surface area (Å²) in [4.78, 5) is 108. The predicted octanol–water partition coefficient (Wildman–Crippen LogP) is 7.17. The van der Waals surface area contributed by atoms with Gasteiger partial charge < -0.3 is 14.4 Å². The van der Waals surface area contributed by atoms with Crippen LogP contribution in [0, 0.1) is 39.9 Å². The molecule has 1 saturated carbocycles. The molecule has 0 aromatic heterocycles. The van der Waals surface area contributed by atoms with E-state index in [-0.39, 0.29) is 77.4 Å². The Balaban J connectivity index is 0.000000423. The summed E-state index contributed by atoms with van der Waals surface area (Å²) in [6.07, 6.45) is 8.52. The number of piperidine rings is 2. The van der Waals surface area contributed by atoms with Crippen LogP contribution in [0.25, 0.3) is 0 Å². The van der Waals surface area contributed by atoms with E-state index >= 15 is 0 Å². The van der Waals surface area contributed by atoms with Crippen LogP contribution in [0.15, 0.2) is 17.6 Å². The summed E-state index contributed by atoms with van der Waals surface area (Å²) in [5.41, 5.74) is -1.37. The lowest BCUT2D eigenvalue weighted by Gasteiger charge is -2.37. The summed E-state index contributed by atoms with van der Waals surface area (Å²) in [6.45, 7) is 25.7. The quantitative estimate of drug-likeness (QED) is 0.0548. The van der Waals surface area contributed by atoms with Crippen LogP contribution < -0.4 is 0 Å². The minimum Gasteiger partial charge on any atom is -0.460 e. The molecule has 0 N–H and O–H groups in total. The Bertz CT molecular complexity index is 1640. The zero-order valence-corrected chi connectivity index (χ0v) is 38.4. The van der Waals surface area contributed by atoms with Crippen LogP contribution >= 0.6 is 0 Å². The maximum absolute atomic E-state index is 14.2. The first-order chi connectivity index (χ1) is 27.8. The highest BCUT2D eigenvalue weighted by molar-refractivity contribution is 6.38. The number of carbonyl (C=O) groups excluding carboxylic acids is 8. The molecule has 3 amide bonds. The van der Waals surface area contributed by atoms with Crippen molar-refractivity contribution < 1.29 is 47.8 Å². The van der Waals surface area contributed by atoms with Crippen molar-refractivity contribution in [2.45, 2.75) is 177 Å². The molecule has 336 valence electrons. The lowest BCUT2D eigenvalue weighted by molar-refractivity contribution is -0.162. The summed E-state index contributed by atoms with van der Waals surface area (Å²) in [6, 6.07) is -1.10. The fourth-order valence-corrected chi connectivity index (χ4v) is 8.95. The fourth-order valence-electron chi connectivity index (χ4n) is 8.95. The number of ether oxygens (including phenoxy) is 2. The summed E-state index contributed by atoms with van der Waals surface area (Å²) < 4.78 is 11.6. The van der Waals surface area contributed by atoms with Gasteiger partial charge in [-0.3, -0.25) is 38.5 Å². The van der Waals surface area contributed by atoms with Crippen molar-refractivity contribution in [1.82, 2.24) is 9.80 Å². The number of isocyanates is 1. The number of aliphatic imine (C=N–C) groups is 1. The number of allylic oxidation sites excluding steroid dienone is 1. The number of esters is 1. The largest absolute Gasteiger partial charge is 0.460 e. The van der Waals surface area contributed by atoms with Gasteiger partial charge in [0.15, 0.2) is 11.6 Å². The molecule has 0 aromatic rings. The van der Waals surface area contributed by atoms with E-state index in [1.807, 2.05) is 41.5 Å². The maximum Gasteiger partial charge on any atom is 0.307 e. The summed E-state index contributed by atoms with van der Waals surface area (Å²) in [5.74, 6) is -3.52. The van der Waals surface area contributed by atoms with E-state index in [1.165, 1.54) is 11.0 Å². The topological polar surface area (TPSA) is 174 Å². The normalized spacial score (nSPS) is 27.9. The molecule has 4 aliphatic rings. The number of imide groups is 1. The first kappa shape index (κ1) is 50.5. The van der Waals surface area contributed by atoms with Crippen LogP contribution in [0.4, 0.5) is 0 Å². The standard InChI is InChI=1S/C33H51NO7.C14H22N2O3/c1-8-9-16-25(35)30(38)22-15-13-11-10-12-14-17-40-21(2)23(19-27(37)41-32(3,4)5)31(39)34-20-24-28(33(24,6)7)29(34)26(36)18-22;1-13(2,3)10(15-9-17)8-16-11(18)6-14(4,5)7-12(16)19/h8,21-24,28-29H,1,9-20H2,2-7H3;10H,6-8H2,1-5H3/t21-,22+,23-,24-,28-,29+;10-/m01/s1. The monoisotopic (exact) mass is 840 g/mol. The van der Waals surface area contributed by atoms with E-state index in [4.69, 9.17) is 9.47 Å². The predicted molar refractivity (Wildman–Crippen MR) is 227 cm³/mol. The number of amides is 3. The van der Waals surface area contributed by atoms with Gasteiger partial charge in [-0.2, -0.15) is 0 Å². The number of nitrogens with zero attached hydrogens (tertiary/aromatic N) is 3. The Morgan fingerprint density at radius 3 is 2.13 bits per heavy atom. The Morgan fingerprint density at radius 2 is 1.57 bits per heavy atom. The molecular formula is C47H73N3O10. The van der Waals surface area contributed by atoms with Crippen LogP contribution in [0.3, 0.4) is 0 Å². The second-order valence-electron chi connectivity index (χ2n) is 20.9. The molecule has 0 aromatic carbocycles. The number of rotatable bonds is 10. The van der Waals surface area contributed by atoms with Gasteiger partial charge in [0, 0.05) is 44.8 Å². The molecule has 4 rings (SSSR count). The number of hydrogen-bond acceptors (Lipinski definition) is 11. The zero-order valence-electron chi connectivity index (χ0n) is 38.4. The molecule has 1 aliphatic carbocycles. The van der Waals surface area contributed by atoms with Crippen molar-refractivity contribution in [3.8, 4) is 0 Å². The molecule has 0 unspecified atom stereocenters. The summed E-state index contributed by atoms with van der Waals surface area (Å²) in [5, 5.41) is 0. The highest BCUT2D eigenvalue weighted by Crippen LogP contribution is 2.65. The van der Waals surface area contributed by atoms with E-state index < -0.39 is 53.2 Å². The van der Waals surface area contributed by atoms with Gasteiger partial charge >= 0.3 is 5.97 Å². The van der Waals surface area contributed by atoms with Crippen LogP contribution in [-0.2, 0) is 47.8 Å². The third-order valence-electron chi connectivity index (χ3n) is 12.7. The van der Waals surface area contributed by atoms with Crippen LogP contribution in [0.1, 0.15) is 153 Å². The highest BCUT2D eigenvalue weighted by Gasteiger charge is 2.69. The number of carbonyl (C=O) groups is 7. The molecule has 7 atom stereocenters. The number of fused-ring (bicyclic) bond motifs is 3. The summed E-state index contributed by atoms with van der Waals surface area (Å²) >= 11 is 0. The molecule has 3 heterocycles. The number of hydrogen-bond donors (Lipinski definition) is 0. The smallest absolute Gasteiger partial charge is 0.307 e. The highest BCUT2D eigenvalue weighted by atomic mass is 16.6. The summed E-state index contributed by atoms with van der Waals surface area (Å²) in [7, 11) is 0. The lowest BCUT2D eigenvalue weighted by Crippen LogP contribution is -2.50. The molecule has 4 fully saturated rings. The molecular weight excluding hydrogens is 767 g/mol. The van der Waals surface area contributed by atoms with Crippen LogP contribution in [-0.4, -0.2) is 100 Å². The first-order valence-corrected chi connectivity index (χ1v) is 22.0. The lowest BCUT2D eigenvalue weighted by atomic mass is 9.80. The first-order valence-electron chi connectivity index (χ1n) is 22.0. The Kier molecular flexibility index (Phi) is 17.5. The Labute approximate surface area is 358 Å². The van der Waals surface area contributed by atoms with Crippen molar-refractivity contribution in [2.24, 2.45) is 44.9 Å². The van der Waals surface area contributed by atoms with Crippen molar-refractivity contribution >= 4 is 47.1 Å². The zero-order chi connectivity index (χ0) is 45.4. The maximum atomic E-state index is 14.2. The van der Waals surface area contributed by atoms with E-state index in [1.54, 1.807) is 31.7 Å². The minimum absolute atomic E-state index is 0.0107. The third-order valence-corrected chi connectivity index (χ3v) is 12.7. The molecule has 13 heteroatoms. The van der Waals surface area contributed by atoms with E-state index in [0.29, 0.717) is 38.8 Å². The second kappa shape index (κ2) is 20.8. The number of likely N-dealkylation sites (tertiary alicyclic amines) is 1. The van der Waals surface area contributed by atoms with E-state index in [0.717, 1.165) is 32.1 Å². The van der Waals surface area contributed by atoms with Gasteiger partial charge in [0.2, 0.25) is 29.6 Å². The minimum atomic E-state index is -0.786. The molecule has 60 heavy (non-hydrogen) atoms. The average molecular weight is 840 g/mol. The van der Waals surface area contributed by atoms with Gasteiger partial charge in [-0.05, 0) is 75.0 Å². The molecule has 0 radical (unpaired) electrons. The number of ketones is 3. The van der Waals surface area contributed by atoms with E-state index in [9.17, 15) is 38.4 Å². The molecule has 3 saturated heterocycles. The second-order valence-corrected chi connectivity index (χ2v) is 20.9. The average Bonchev–Trinajstić information content (AvgIpc) is 3.42. The van der Waals surface area contributed by atoms with Gasteiger partial charge in [-0.25, -0.2) is 9.79 Å². The molecule has 0 bridgehead atoms. The Morgan fingerprint density at radius 1 is 0.967 bits per heavy atom. The van der Waals surface area contributed by atoms with E-state index in [2.05, 4.69) is 25.4 Å². The van der Waals surface area contributed by atoms with Crippen molar-refractivity contribution in [3.63, 3.8) is 0 Å². The molecule has 13 nitrogen and oxygen atoms in total. The SMILES string of the molecule is C=CCCC(=O)C(=O)[C@@H]1CCCCCCCO[C@@H](C)[C@H](CC(=O)OC(C)(C)C)C(=O)N2C[C@H]3[C@@H]([C@H]2C(=O)C1)C3(C)C.CC1(C)CC(=O)N(C[C@@H](N=C=O)C(C)(C)C)C(=O)C1.